The second kappa shape index (κ2) is 7.88. The average molecular weight is 292 g/mol. The largest absolute Gasteiger partial charge is 0.451 e. The van der Waals surface area contributed by atoms with Gasteiger partial charge >= 0.3 is 6.18 Å². The molecule has 1 aromatic rings. The van der Waals surface area contributed by atoms with Gasteiger partial charge in [0.1, 0.15) is 11.6 Å². The molecular weight excluding hydrogens is 273 g/mol. The van der Waals surface area contributed by atoms with Crippen LogP contribution in [0.1, 0.15) is 25.6 Å². The van der Waals surface area contributed by atoms with E-state index in [4.69, 9.17) is 4.74 Å². The van der Waals surface area contributed by atoms with Crippen LogP contribution in [0.4, 0.5) is 24.8 Å². The molecule has 0 aliphatic heterocycles. The van der Waals surface area contributed by atoms with Gasteiger partial charge in [0.05, 0.1) is 6.61 Å². The van der Waals surface area contributed by atoms with Gasteiger partial charge in [0.2, 0.25) is 5.82 Å². The highest BCUT2D eigenvalue weighted by Crippen LogP contribution is 2.28. The Morgan fingerprint density at radius 1 is 1.20 bits per heavy atom. The van der Waals surface area contributed by atoms with Gasteiger partial charge in [0.25, 0.3) is 0 Å². The van der Waals surface area contributed by atoms with E-state index < -0.39 is 12.0 Å². The van der Waals surface area contributed by atoms with Gasteiger partial charge in [-0.3, -0.25) is 0 Å². The van der Waals surface area contributed by atoms with Gasteiger partial charge in [0.15, 0.2) is 0 Å². The minimum Gasteiger partial charge on any atom is -0.380 e. The Hall–Kier alpha value is -1.57. The zero-order valence-electron chi connectivity index (χ0n) is 11.5. The molecule has 0 bridgehead atoms. The van der Waals surface area contributed by atoms with Crippen molar-refractivity contribution in [1.82, 2.24) is 9.97 Å². The fraction of sp³-hybridized carbons (Fsp3) is 0.667. The van der Waals surface area contributed by atoms with Crippen molar-refractivity contribution in [2.45, 2.75) is 25.9 Å². The molecule has 0 aliphatic rings. The zero-order chi connectivity index (χ0) is 15.0. The predicted octanol–water partition coefficient (Wildman–Crippen LogP) is 2.77. The van der Waals surface area contributed by atoms with Crippen LogP contribution in [0.5, 0.6) is 0 Å². The van der Waals surface area contributed by atoms with Crippen LogP contribution in [0.3, 0.4) is 0 Å². The molecule has 0 saturated carbocycles. The summed E-state index contributed by atoms with van der Waals surface area (Å²) in [5.41, 5.74) is 0. The SMILES string of the molecule is CCCCOCCNc1cc(NC)nc(C(F)(F)F)n1. The third-order valence-corrected chi connectivity index (χ3v) is 2.43. The highest BCUT2D eigenvalue weighted by Gasteiger charge is 2.35. The maximum absolute atomic E-state index is 12.6. The highest BCUT2D eigenvalue weighted by molar-refractivity contribution is 5.47. The summed E-state index contributed by atoms with van der Waals surface area (Å²) in [6, 6.07) is 1.42. The molecule has 0 aromatic carbocycles. The molecule has 0 unspecified atom stereocenters. The van der Waals surface area contributed by atoms with Gasteiger partial charge < -0.3 is 15.4 Å². The maximum atomic E-state index is 12.6. The molecule has 0 spiro atoms. The molecule has 0 atom stereocenters. The second-order valence-electron chi connectivity index (χ2n) is 4.10. The fourth-order valence-electron chi connectivity index (χ4n) is 1.39. The van der Waals surface area contributed by atoms with E-state index in [2.05, 4.69) is 27.5 Å². The highest BCUT2D eigenvalue weighted by atomic mass is 19.4. The number of nitrogens with one attached hydrogen (secondary N) is 2. The van der Waals surface area contributed by atoms with Crippen molar-refractivity contribution in [3.05, 3.63) is 11.9 Å². The first-order valence-electron chi connectivity index (χ1n) is 6.43. The summed E-state index contributed by atoms with van der Waals surface area (Å²) in [5.74, 6) is -0.934. The lowest BCUT2D eigenvalue weighted by atomic mass is 10.4. The summed E-state index contributed by atoms with van der Waals surface area (Å²) >= 11 is 0. The van der Waals surface area contributed by atoms with E-state index in [-0.39, 0.29) is 11.6 Å². The predicted molar refractivity (Wildman–Crippen MR) is 70.8 cm³/mol. The summed E-state index contributed by atoms with van der Waals surface area (Å²) in [6.45, 7) is 3.51. The zero-order valence-corrected chi connectivity index (χ0v) is 11.5. The standard InChI is InChI=1S/C12H19F3N4O/c1-3-4-6-20-7-5-17-10-8-9(16-2)18-11(19-10)12(13,14)15/h8H,3-7H2,1-2H3,(H2,16,17,18,19). The first-order chi connectivity index (χ1) is 9.47. The quantitative estimate of drug-likeness (QED) is 0.722. The van der Waals surface area contributed by atoms with Crippen LogP contribution in [-0.4, -0.2) is 36.8 Å². The molecule has 5 nitrogen and oxygen atoms in total. The van der Waals surface area contributed by atoms with Gasteiger partial charge in [0, 0.05) is 26.3 Å². The number of hydrogen-bond acceptors (Lipinski definition) is 5. The minimum absolute atomic E-state index is 0.113. The Balaban J connectivity index is 2.56. The minimum atomic E-state index is -4.57. The summed E-state index contributed by atoms with van der Waals surface area (Å²) < 4.78 is 43.1. The van der Waals surface area contributed by atoms with Crippen molar-refractivity contribution in [2.75, 3.05) is 37.4 Å². The van der Waals surface area contributed by atoms with Crippen molar-refractivity contribution in [2.24, 2.45) is 0 Å². The monoisotopic (exact) mass is 292 g/mol. The lowest BCUT2D eigenvalue weighted by Gasteiger charge is -2.11. The Bertz CT molecular complexity index is 412. The van der Waals surface area contributed by atoms with Crippen LogP contribution in [0.25, 0.3) is 0 Å². The Morgan fingerprint density at radius 2 is 1.90 bits per heavy atom. The van der Waals surface area contributed by atoms with E-state index in [1.54, 1.807) is 0 Å². The van der Waals surface area contributed by atoms with E-state index in [0.29, 0.717) is 19.8 Å². The molecule has 114 valence electrons. The van der Waals surface area contributed by atoms with Crippen LogP contribution in [0.15, 0.2) is 6.07 Å². The number of halogens is 3. The normalized spacial score (nSPS) is 11.4. The molecule has 1 rings (SSSR count). The molecule has 0 amide bonds. The molecule has 1 aromatic heterocycles. The van der Waals surface area contributed by atoms with E-state index in [9.17, 15) is 13.2 Å². The number of hydrogen-bond donors (Lipinski definition) is 2. The van der Waals surface area contributed by atoms with Crippen LogP contribution < -0.4 is 10.6 Å². The van der Waals surface area contributed by atoms with Crippen LogP contribution in [0.2, 0.25) is 0 Å². The lowest BCUT2D eigenvalue weighted by Crippen LogP contribution is -2.16. The summed E-state index contributed by atoms with van der Waals surface area (Å²) in [5, 5.41) is 5.37. The van der Waals surface area contributed by atoms with E-state index in [1.165, 1.54) is 13.1 Å². The molecule has 0 fully saturated rings. The smallest absolute Gasteiger partial charge is 0.380 e. The van der Waals surface area contributed by atoms with Crippen molar-refractivity contribution in [3.63, 3.8) is 0 Å². The number of ether oxygens (including phenoxy) is 1. The number of unbranched alkanes of at least 4 members (excludes halogenated alkanes) is 1. The number of nitrogens with zero attached hydrogens (tertiary/aromatic N) is 2. The Kier molecular flexibility index (Phi) is 6.50. The molecule has 0 radical (unpaired) electrons. The van der Waals surface area contributed by atoms with Crippen LogP contribution in [0, 0.1) is 0 Å². The third-order valence-electron chi connectivity index (χ3n) is 2.43. The molecule has 0 aliphatic carbocycles. The van der Waals surface area contributed by atoms with Crippen LogP contribution in [-0.2, 0) is 10.9 Å². The van der Waals surface area contributed by atoms with Gasteiger partial charge in [-0.15, -0.1) is 0 Å². The molecule has 2 N–H and O–H groups in total. The van der Waals surface area contributed by atoms with Gasteiger partial charge in [-0.2, -0.15) is 13.2 Å². The Labute approximate surface area is 116 Å². The van der Waals surface area contributed by atoms with E-state index in [0.717, 1.165) is 12.8 Å². The Morgan fingerprint density at radius 3 is 2.50 bits per heavy atom. The fourth-order valence-corrected chi connectivity index (χ4v) is 1.39. The first kappa shape index (κ1) is 16.5. The topological polar surface area (TPSA) is 59.1 Å². The molecule has 20 heavy (non-hydrogen) atoms. The van der Waals surface area contributed by atoms with Crippen molar-refractivity contribution in [3.8, 4) is 0 Å². The summed E-state index contributed by atoms with van der Waals surface area (Å²) in [4.78, 5) is 6.82. The molecule has 8 heteroatoms. The second-order valence-corrected chi connectivity index (χ2v) is 4.10. The third kappa shape index (κ3) is 5.60. The first-order valence-corrected chi connectivity index (χ1v) is 6.43. The number of alkyl halides is 3. The number of rotatable bonds is 8. The summed E-state index contributed by atoms with van der Waals surface area (Å²) in [7, 11) is 1.50. The van der Waals surface area contributed by atoms with Crippen molar-refractivity contribution < 1.29 is 17.9 Å². The molecule has 0 saturated heterocycles. The van der Waals surface area contributed by atoms with Gasteiger partial charge in [-0.05, 0) is 6.42 Å². The van der Waals surface area contributed by atoms with E-state index >= 15 is 0 Å². The molecule has 1 heterocycles. The molecular formula is C12H19F3N4O. The average Bonchev–Trinajstić information content (AvgIpc) is 2.41. The van der Waals surface area contributed by atoms with Gasteiger partial charge in [-0.25, -0.2) is 9.97 Å². The van der Waals surface area contributed by atoms with Gasteiger partial charge in [-0.1, -0.05) is 13.3 Å². The number of aromatic nitrogens is 2. The number of anilines is 2. The van der Waals surface area contributed by atoms with E-state index in [1.807, 2.05) is 0 Å². The van der Waals surface area contributed by atoms with Crippen molar-refractivity contribution in [1.29, 1.82) is 0 Å². The lowest BCUT2D eigenvalue weighted by molar-refractivity contribution is -0.144. The maximum Gasteiger partial charge on any atom is 0.451 e. The van der Waals surface area contributed by atoms with Crippen molar-refractivity contribution >= 4 is 11.6 Å². The summed E-state index contributed by atoms with van der Waals surface area (Å²) in [6.07, 6.45) is -2.56. The van der Waals surface area contributed by atoms with Crippen LogP contribution >= 0.6 is 0 Å².